The van der Waals surface area contributed by atoms with Gasteiger partial charge in [0.25, 0.3) is 0 Å². The van der Waals surface area contributed by atoms with Crippen molar-refractivity contribution in [1.82, 2.24) is 20.0 Å². The van der Waals surface area contributed by atoms with E-state index in [1.54, 1.807) is 17.2 Å². The van der Waals surface area contributed by atoms with Crippen molar-refractivity contribution >= 4 is 17.5 Å². The fourth-order valence-electron chi connectivity index (χ4n) is 5.74. The molecule has 0 radical (unpaired) electrons. The number of amides is 2. The zero-order valence-electron chi connectivity index (χ0n) is 21.3. The number of Topliss-reactive ketones (excluding diaryl/α,β-unsaturated/α-hetero) is 1. The van der Waals surface area contributed by atoms with Crippen molar-refractivity contribution in [2.24, 2.45) is 0 Å². The molecule has 1 aromatic heterocycles. The fraction of sp³-hybridized carbons (Fsp3) is 0.593. The van der Waals surface area contributed by atoms with Gasteiger partial charge in [0.2, 0.25) is 0 Å². The number of urea groups is 1. The molecule has 3 fully saturated rings. The van der Waals surface area contributed by atoms with Crippen LogP contribution in [0, 0.1) is 0 Å². The molecule has 1 saturated carbocycles. The molecule has 7 nitrogen and oxygen atoms in total. The van der Waals surface area contributed by atoms with Gasteiger partial charge in [0, 0.05) is 37.3 Å². The average Bonchev–Trinajstić information content (AvgIpc) is 3.41. The number of aromatic nitrogens is 2. The van der Waals surface area contributed by atoms with E-state index >= 15 is 0 Å². The molecule has 2 aliphatic heterocycles. The van der Waals surface area contributed by atoms with E-state index in [1.807, 2.05) is 23.4 Å². The van der Waals surface area contributed by atoms with Gasteiger partial charge in [0.15, 0.2) is 5.78 Å². The number of carbonyl (C=O) groups excluding carboxylic acids is 2. The van der Waals surface area contributed by atoms with E-state index < -0.39 is 17.8 Å². The van der Waals surface area contributed by atoms with Gasteiger partial charge in [-0.25, -0.2) is 4.79 Å². The van der Waals surface area contributed by atoms with Crippen LogP contribution in [0.15, 0.2) is 30.5 Å². The number of hydrogen-bond acceptors (Lipinski definition) is 4. The second-order valence-electron chi connectivity index (χ2n) is 10.7. The Labute approximate surface area is 215 Å². The first-order valence-electron chi connectivity index (χ1n) is 13.2. The lowest BCUT2D eigenvalue weighted by Crippen LogP contribution is -2.46. The number of alkyl halides is 3. The summed E-state index contributed by atoms with van der Waals surface area (Å²) in [5.41, 5.74) is 0.828. The molecule has 10 heteroatoms. The van der Waals surface area contributed by atoms with Gasteiger partial charge >= 0.3 is 12.2 Å². The maximum Gasteiger partial charge on any atom is 0.418 e. The Kier molecular flexibility index (Phi) is 6.93. The first kappa shape index (κ1) is 25.6. The number of para-hydroxylation sites is 1. The lowest BCUT2D eigenvalue weighted by atomic mass is 9.98. The number of anilines is 1. The molecule has 1 aliphatic carbocycles. The van der Waals surface area contributed by atoms with Gasteiger partial charge in [-0.2, -0.15) is 18.3 Å². The smallest absolute Gasteiger partial charge is 0.361 e. The van der Waals surface area contributed by atoms with Crippen LogP contribution in [0.2, 0.25) is 0 Å². The second kappa shape index (κ2) is 10.0. The van der Waals surface area contributed by atoms with Crippen molar-refractivity contribution in [3.05, 3.63) is 47.3 Å². The summed E-state index contributed by atoms with van der Waals surface area (Å²) in [5, 5.41) is 7.58. The van der Waals surface area contributed by atoms with E-state index in [9.17, 15) is 22.8 Å². The Bertz CT molecular complexity index is 1150. The van der Waals surface area contributed by atoms with Gasteiger partial charge in [-0.1, -0.05) is 12.1 Å². The van der Waals surface area contributed by atoms with Crippen LogP contribution in [-0.2, 0) is 6.18 Å². The topological polar surface area (TPSA) is 70.5 Å². The van der Waals surface area contributed by atoms with Gasteiger partial charge in [0.1, 0.15) is 0 Å². The van der Waals surface area contributed by atoms with Crippen LogP contribution in [0.4, 0.5) is 23.7 Å². The molecule has 2 saturated heterocycles. The number of likely N-dealkylation sites (tertiary alicyclic amines) is 1. The predicted octanol–water partition coefficient (Wildman–Crippen LogP) is 5.39. The van der Waals surface area contributed by atoms with Crippen molar-refractivity contribution in [2.45, 2.75) is 82.6 Å². The highest BCUT2D eigenvalue weighted by atomic mass is 19.4. The highest BCUT2D eigenvalue weighted by Crippen LogP contribution is 2.45. The molecular weight excluding hydrogens is 483 g/mol. The van der Waals surface area contributed by atoms with E-state index in [-0.39, 0.29) is 35.5 Å². The van der Waals surface area contributed by atoms with Gasteiger partial charge in [-0.05, 0) is 64.5 Å². The summed E-state index contributed by atoms with van der Waals surface area (Å²) in [6.07, 6.45) is 1.76. The largest absolute Gasteiger partial charge is 0.418 e. The predicted molar refractivity (Wildman–Crippen MR) is 134 cm³/mol. The summed E-state index contributed by atoms with van der Waals surface area (Å²) in [6.45, 7) is 5.50. The third-order valence-electron chi connectivity index (χ3n) is 7.65. The number of nitrogens with zero attached hydrogens (tertiary/aromatic N) is 4. The summed E-state index contributed by atoms with van der Waals surface area (Å²) in [5.74, 6) is 0.109. The maximum atomic E-state index is 13.8. The molecule has 1 N–H and O–H groups in total. The van der Waals surface area contributed by atoms with Crippen LogP contribution in [0.25, 0.3) is 0 Å². The Morgan fingerprint density at radius 1 is 1.03 bits per heavy atom. The summed E-state index contributed by atoms with van der Waals surface area (Å²) in [7, 11) is 0. The van der Waals surface area contributed by atoms with E-state index in [0.717, 1.165) is 37.4 Å². The number of piperidine rings is 1. The number of benzene rings is 1. The number of carbonyl (C=O) groups is 2. The molecule has 1 unspecified atom stereocenters. The highest BCUT2D eigenvalue weighted by molar-refractivity contribution is 6.03. The molecule has 1 atom stereocenters. The quantitative estimate of drug-likeness (QED) is 0.522. The van der Waals surface area contributed by atoms with Gasteiger partial charge < -0.3 is 15.1 Å². The Hall–Kier alpha value is -3.04. The minimum Gasteiger partial charge on any atom is -0.361 e. The molecule has 0 bridgehead atoms. The Morgan fingerprint density at radius 2 is 1.73 bits per heavy atom. The van der Waals surface area contributed by atoms with Crippen molar-refractivity contribution in [3.63, 3.8) is 0 Å². The van der Waals surface area contributed by atoms with Crippen molar-refractivity contribution in [2.75, 3.05) is 24.5 Å². The number of ketones is 1. The summed E-state index contributed by atoms with van der Waals surface area (Å²) in [4.78, 5) is 29.7. The zero-order valence-corrected chi connectivity index (χ0v) is 21.3. The van der Waals surface area contributed by atoms with Crippen molar-refractivity contribution in [3.8, 4) is 0 Å². The zero-order chi connectivity index (χ0) is 26.3. The van der Waals surface area contributed by atoms with Crippen molar-refractivity contribution in [1.29, 1.82) is 0 Å². The molecular formula is C27H34F3N5O2. The molecule has 200 valence electrons. The average molecular weight is 518 g/mol. The second-order valence-corrected chi connectivity index (χ2v) is 10.7. The molecule has 1 aromatic carbocycles. The van der Waals surface area contributed by atoms with Crippen LogP contribution < -0.4 is 10.2 Å². The molecule has 37 heavy (non-hydrogen) atoms. The lowest BCUT2D eigenvalue weighted by molar-refractivity contribution is -0.137. The molecule has 0 spiro atoms. The number of hydrogen-bond donors (Lipinski definition) is 1. The van der Waals surface area contributed by atoms with Gasteiger partial charge in [0.05, 0.1) is 35.1 Å². The number of rotatable bonds is 6. The SMILES string of the molecule is CC(C)NC(=O)N1CCC(n2ncc(C(=O)C3CCCN3c3ccccc3C(F)(F)F)c2C2CC2)CC1. The van der Waals surface area contributed by atoms with Crippen LogP contribution in [0.5, 0.6) is 0 Å². The van der Waals surface area contributed by atoms with Crippen LogP contribution in [-0.4, -0.2) is 58.2 Å². The molecule has 3 aliphatic rings. The first-order valence-corrected chi connectivity index (χ1v) is 13.2. The monoisotopic (exact) mass is 517 g/mol. The summed E-state index contributed by atoms with van der Waals surface area (Å²) in [6, 6.07) is 4.97. The lowest BCUT2D eigenvalue weighted by Gasteiger charge is -2.33. The number of halogens is 3. The summed E-state index contributed by atoms with van der Waals surface area (Å²) < 4.78 is 43.2. The fourth-order valence-corrected chi connectivity index (χ4v) is 5.74. The highest BCUT2D eigenvalue weighted by Gasteiger charge is 2.42. The third kappa shape index (κ3) is 5.20. The Balaban J connectivity index is 1.37. The molecule has 5 rings (SSSR count). The van der Waals surface area contributed by atoms with Crippen LogP contribution in [0.3, 0.4) is 0 Å². The normalized spacial score (nSPS) is 21.1. The molecule has 2 aromatic rings. The van der Waals surface area contributed by atoms with E-state index in [1.165, 1.54) is 12.1 Å². The van der Waals surface area contributed by atoms with Crippen molar-refractivity contribution < 1.29 is 22.8 Å². The minimum absolute atomic E-state index is 0.0624. The van der Waals surface area contributed by atoms with E-state index in [4.69, 9.17) is 0 Å². The number of nitrogens with one attached hydrogen (secondary N) is 1. The van der Waals surface area contributed by atoms with E-state index in [2.05, 4.69) is 10.4 Å². The van der Waals surface area contributed by atoms with E-state index in [0.29, 0.717) is 38.0 Å². The molecule has 2 amide bonds. The Morgan fingerprint density at radius 3 is 2.38 bits per heavy atom. The standard InChI is InChI=1S/C27H34F3N5O2/c1-17(2)32-26(37)33-14-11-19(12-15-33)35-24(18-9-10-18)20(16-31-35)25(36)23-8-5-13-34(23)22-7-4-3-6-21(22)27(28,29)30/h3-4,6-7,16-19,23H,5,8-15H2,1-2H3,(H,32,37). The summed E-state index contributed by atoms with van der Waals surface area (Å²) >= 11 is 0. The molecule has 3 heterocycles. The minimum atomic E-state index is -4.49. The third-order valence-corrected chi connectivity index (χ3v) is 7.65. The van der Waals surface area contributed by atoms with Gasteiger partial charge in [-0.15, -0.1) is 0 Å². The van der Waals surface area contributed by atoms with Gasteiger partial charge in [-0.3, -0.25) is 9.48 Å². The maximum absolute atomic E-state index is 13.8. The van der Waals surface area contributed by atoms with Crippen LogP contribution >= 0.6 is 0 Å². The first-order chi connectivity index (χ1) is 17.6. The van der Waals surface area contributed by atoms with Crippen LogP contribution in [0.1, 0.15) is 85.9 Å².